The molecule has 1 atom stereocenters. The van der Waals surface area contributed by atoms with Crippen LogP contribution in [0.4, 0.5) is 23.4 Å². The Hall–Kier alpha value is -3.37. The number of ether oxygens (including phenoxy) is 1. The largest absolute Gasteiger partial charge is 0.486 e. The van der Waals surface area contributed by atoms with E-state index < -0.39 is 41.7 Å². The van der Waals surface area contributed by atoms with Gasteiger partial charge in [0.25, 0.3) is 17.5 Å². The fourth-order valence-corrected chi connectivity index (χ4v) is 4.34. The maximum atomic E-state index is 14.1. The summed E-state index contributed by atoms with van der Waals surface area (Å²) < 4.78 is 62.8. The first-order chi connectivity index (χ1) is 15.5. The molecule has 0 spiro atoms. The Bertz CT molecular complexity index is 1390. The van der Waals surface area contributed by atoms with E-state index in [2.05, 4.69) is 10.4 Å². The molecule has 11 heteroatoms. The summed E-state index contributed by atoms with van der Waals surface area (Å²) >= 11 is 0. The van der Waals surface area contributed by atoms with Crippen LogP contribution in [-0.4, -0.2) is 27.4 Å². The van der Waals surface area contributed by atoms with Crippen molar-refractivity contribution in [2.45, 2.75) is 43.7 Å². The number of nitrogens with zero attached hydrogens (tertiary/aromatic N) is 3. The molecule has 1 aliphatic carbocycles. The van der Waals surface area contributed by atoms with E-state index in [9.17, 15) is 27.2 Å². The van der Waals surface area contributed by atoms with Crippen LogP contribution in [0.15, 0.2) is 40.1 Å². The highest BCUT2D eigenvalue weighted by atomic mass is 19.3. The zero-order chi connectivity index (χ0) is 23.7. The number of nitrogens with one attached hydrogen (secondary N) is 1. The molecular formula is C22H20F4N4O3. The minimum atomic E-state index is -3.10. The number of halogens is 4. The molecule has 0 amide bonds. The zero-order valence-corrected chi connectivity index (χ0v) is 17.7. The van der Waals surface area contributed by atoms with E-state index in [1.54, 1.807) is 13.0 Å². The van der Waals surface area contributed by atoms with Gasteiger partial charge < -0.3 is 14.6 Å². The summed E-state index contributed by atoms with van der Waals surface area (Å²) in [7, 11) is 1.40. The summed E-state index contributed by atoms with van der Waals surface area (Å²) in [5, 5.41) is 7.50. The van der Waals surface area contributed by atoms with Gasteiger partial charge >= 0.3 is 5.92 Å². The van der Waals surface area contributed by atoms with Gasteiger partial charge in [0.1, 0.15) is 11.3 Å². The van der Waals surface area contributed by atoms with Gasteiger partial charge in [0.2, 0.25) is 0 Å². The number of aryl methyl sites for hydroxylation is 1. The van der Waals surface area contributed by atoms with E-state index in [4.69, 9.17) is 4.74 Å². The van der Waals surface area contributed by atoms with E-state index in [0.29, 0.717) is 5.56 Å². The SMILES string of the molecule is CC(Nc1nn(C)c(=O)c2cc(=O)n(C3(C(F)F)CC3)cc12)c1cccc2c1OCC2(F)F. The van der Waals surface area contributed by atoms with Crippen LogP contribution in [-0.2, 0) is 18.5 Å². The van der Waals surface area contributed by atoms with Gasteiger partial charge in [-0.15, -0.1) is 0 Å². The Morgan fingerprint density at radius 3 is 2.58 bits per heavy atom. The lowest BCUT2D eigenvalue weighted by Gasteiger charge is -2.21. The summed E-state index contributed by atoms with van der Waals surface area (Å²) in [6.45, 7) is 0.945. The summed E-state index contributed by atoms with van der Waals surface area (Å²) in [4.78, 5) is 25.2. The number of fused-ring (bicyclic) bond motifs is 2. The fraction of sp³-hybridized carbons (Fsp3) is 0.409. The lowest BCUT2D eigenvalue weighted by Crippen LogP contribution is -2.36. The van der Waals surface area contributed by atoms with Crippen molar-refractivity contribution in [1.29, 1.82) is 0 Å². The molecule has 1 aliphatic heterocycles. The van der Waals surface area contributed by atoms with Gasteiger partial charge in [-0.3, -0.25) is 9.59 Å². The van der Waals surface area contributed by atoms with Crippen LogP contribution in [0.1, 0.15) is 36.9 Å². The van der Waals surface area contributed by atoms with Crippen molar-refractivity contribution < 1.29 is 22.3 Å². The summed E-state index contributed by atoms with van der Waals surface area (Å²) in [6.07, 6.45) is -1.21. The maximum absolute atomic E-state index is 14.1. The minimum absolute atomic E-state index is 0.0228. The first-order valence-corrected chi connectivity index (χ1v) is 10.4. The van der Waals surface area contributed by atoms with Gasteiger partial charge in [0.15, 0.2) is 12.4 Å². The van der Waals surface area contributed by atoms with Crippen molar-refractivity contribution in [1.82, 2.24) is 14.3 Å². The maximum Gasteiger partial charge on any atom is 0.310 e. The Morgan fingerprint density at radius 2 is 1.91 bits per heavy atom. The van der Waals surface area contributed by atoms with Gasteiger partial charge in [-0.2, -0.15) is 13.9 Å². The van der Waals surface area contributed by atoms with E-state index in [1.807, 2.05) is 0 Å². The Morgan fingerprint density at radius 1 is 1.18 bits per heavy atom. The van der Waals surface area contributed by atoms with Gasteiger partial charge in [-0.05, 0) is 25.8 Å². The standard InChI is InChI=1S/C22H20F4N4O3/c1-11(12-4-3-5-15-17(12)33-10-22(15,25)26)27-18-14-9-30(21(6-7-21)20(23)24)16(31)8-13(14)19(32)29(2)28-18/h3-5,8-9,11,20H,6-7,10H2,1-2H3,(H,27,28). The molecule has 0 saturated heterocycles. The number of rotatable bonds is 5. The van der Waals surface area contributed by atoms with E-state index in [0.717, 1.165) is 15.3 Å². The molecule has 7 nitrogen and oxygen atoms in total. The fourth-order valence-electron chi connectivity index (χ4n) is 4.34. The third-order valence-electron chi connectivity index (χ3n) is 6.39. The highest BCUT2D eigenvalue weighted by Crippen LogP contribution is 2.48. The van der Waals surface area contributed by atoms with Crippen molar-refractivity contribution in [2.24, 2.45) is 7.05 Å². The van der Waals surface area contributed by atoms with Crippen LogP contribution in [0.2, 0.25) is 0 Å². The number of aromatic nitrogens is 3. The Labute approximate surface area is 184 Å². The third-order valence-corrected chi connectivity index (χ3v) is 6.39. The predicted octanol–water partition coefficient (Wildman–Crippen LogP) is 3.51. The van der Waals surface area contributed by atoms with Crippen molar-refractivity contribution >= 4 is 16.6 Å². The smallest absolute Gasteiger partial charge is 0.310 e. The monoisotopic (exact) mass is 464 g/mol. The van der Waals surface area contributed by atoms with Gasteiger partial charge in [0.05, 0.1) is 17.0 Å². The minimum Gasteiger partial charge on any atom is -0.486 e. The lowest BCUT2D eigenvalue weighted by atomic mass is 10.0. The average molecular weight is 464 g/mol. The van der Waals surface area contributed by atoms with Gasteiger partial charge in [-0.25, -0.2) is 13.5 Å². The molecular weight excluding hydrogens is 444 g/mol. The first-order valence-electron chi connectivity index (χ1n) is 10.4. The van der Waals surface area contributed by atoms with E-state index in [1.165, 1.54) is 25.4 Å². The number of para-hydroxylation sites is 1. The molecule has 1 fully saturated rings. The average Bonchev–Trinajstić information content (AvgIpc) is 3.51. The van der Waals surface area contributed by atoms with Gasteiger partial charge in [-0.1, -0.05) is 12.1 Å². The Kier molecular flexibility index (Phi) is 4.60. The number of anilines is 1. The molecule has 1 unspecified atom stereocenters. The molecule has 3 heterocycles. The Balaban J connectivity index is 1.62. The molecule has 5 rings (SSSR count). The molecule has 1 N–H and O–H groups in total. The second kappa shape index (κ2) is 7.06. The molecule has 0 radical (unpaired) electrons. The molecule has 1 aromatic carbocycles. The second-order valence-electron chi connectivity index (χ2n) is 8.57. The van der Waals surface area contributed by atoms with Crippen LogP contribution < -0.4 is 21.2 Å². The summed E-state index contributed by atoms with van der Waals surface area (Å²) in [5.41, 5.74) is -2.60. The second-order valence-corrected chi connectivity index (χ2v) is 8.57. The molecule has 174 valence electrons. The first kappa shape index (κ1) is 21.5. The van der Waals surface area contributed by atoms with Crippen molar-refractivity contribution in [3.8, 4) is 5.75 Å². The van der Waals surface area contributed by atoms with Crippen LogP contribution in [0.5, 0.6) is 5.75 Å². The predicted molar refractivity (Wildman–Crippen MR) is 112 cm³/mol. The quantitative estimate of drug-likeness (QED) is 0.585. The van der Waals surface area contributed by atoms with Crippen LogP contribution >= 0.6 is 0 Å². The highest BCUT2D eigenvalue weighted by molar-refractivity contribution is 5.90. The molecule has 0 bridgehead atoms. The van der Waals surface area contributed by atoms with Crippen LogP contribution in [0, 0.1) is 0 Å². The number of hydrogen-bond acceptors (Lipinski definition) is 5. The van der Waals surface area contributed by atoms with Gasteiger partial charge in [0, 0.05) is 30.3 Å². The van der Waals surface area contributed by atoms with E-state index >= 15 is 0 Å². The molecule has 3 aromatic rings. The number of hydrogen-bond donors (Lipinski definition) is 1. The van der Waals surface area contributed by atoms with Crippen LogP contribution in [0.3, 0.4) is 0 Å². The molecule has 2 aromatic heterocycles. The van der Waals surface area contributed by atoms with Crippen LogP contribution in [0.25, 0.3) is 10.8 Å². The zero-order valence-electron chi connectivity index (χ0n) is 17.7. The topological polar surface area (TPSA) is 78.2 Å². The van der Waals surface area contributed by atoms with E-state index in [-0.39, 0.29) is 40.7 Å². The third kappa shape index (κ3) is 3.20. The number of alkyl halides is 4. The number of benzene rings is 1. The summed E-state index contributed by atoms with van der Waals surface area (Å²) in [6, 6.07) is 4.89. The highest BCUT2D eigenvalue weighted by Gasteiger charge is 2.53. The number of pyridine rings is 1. The lowest BCUT2D eigenvalue weighted by molar-refractivity contribution is -0.0214. The molecule has 2 aliphatic rings. The molecule has 1 saturated carbocycles. The molecule has 33 heavy (non-hydrogen) atoms. The normalized spacial score (nSPS) is 18.8. The van der Waals surface area contributed by atoms with Crippen molar-refractivity contribution in [3.63, 3.8) is 0 Å². The summed E-state index contributed by atoms with van der Waals surface area (Å²) in [5.74, 6) is -2.87. The van der Waals surface area contributed by atoms with Crippen molar-refractivity contribution in [2.75, 3.05) is 11.9 Å². The van der Waals surface area contributed by atoms with Crippen molar-refractivity contribution in [3.05, 3.63) is 62.3 Å².